The van der Waals surface area contributed by atoms with E-state index >= 15 is 0 Å². The van der Waals surface area contributed by atoms with Gasteiger partial charge in [-0.25, -0.2) is 15.0 Å². The minimum absolute atomic E-state index is 0.542. The maximum atomic E-state index is 6.17. The molecule has 0 amide bonds. The number of benzene rings is 1. The number of fused-ring (bicyclic) bond motifs is 3. The molecule has 4 rings (SSSR count). The quantitative estimate of drug-likeness (QED) is 0.587. The third-order valence-electron chi connectivity index (χ3n) is 3.44. The van der Waals surface area contributed by atoms with Crippen LogP contribution in [0.3, 0.4) is 0 Å². The molecule has 0 saturated carbocycles. The second kappa shape index (κ2) is 5.64. The molecule has 0 unspecified atom stereocenters. The highest BCUT2D eigenvalue weighted by Crippen LogP contribution is 2.36. The van der Waals surface area contributed by atoms with Gasteiger partial charge in [-0.1, -0.05) is 11.6 Å². The summed E-state index contributed by atoms with van der Waals surface area (Å²) in [6, 6.07) is 9.44. The lowest BCUT2D eigenvalue weighted by Gasteiger charge is -2.08. The number of nitrogens with one attached hydrogen (secondary N) is 1. The van der Waals surface area contributed by atoms with Crippen molar-refractivity contribution in [1.29, 1.82) is 0 Å². The summed E-state index contributed by atoms with van der Waals surface area (Å²) < 4.78 is 6.13. The number of aromatic nitrogens is 3. The number of thiophene rings is 1. The number of methoxy groups -OCH3 is 1. The molecule has 23 heavy (non-hydrogen) atoms. The Hall–Kier alpha value is -2.44. The molecule has 0 bridgehead atoms. The fourth-order valence-electron chi connectivity index (χ4n) is 2.38. The number of ether oxygens (including phenoxy) is 1. The lowest BCUT2D eigenvalue weighted by molar-refractivity contribution is 0.415. The molecule has 1 N–H and O–H groups in total. The summed E-state index contributed by atoms with van der Waals surface area (Å²) in [7, 11) is 1.59. The van der Waals surface area contributed by atoms with Gasteiger partial charge in [-0.2, -0.15) is 0 Å². The van der Waals surface area contributed by atoms with Gasteiger partial charge in [0.1, 0.15) is 16.9 Å². The van der Waals surface area contributed by atoms with E-state index in [1.54, 1.807) is 37.0 Å². The van der Waals surface area contributed by atoms with Gasteiger partial charge in [0.15, 0.2) is 5.82 Å². The zero-order valence-corrected chi connectivity index (χ0v) is 13.6. The summed E-state index contributed by atoms with van der Waals surface area (Å²) in [5, 5.41) is 4.87. The van der Waals surface area contributed by atoms with Crippen LogP contribution in [0.5, 0.6) is 5.75 Å². The second-order valence-electron chi connectivity index (χ2n) is 4.83. The highest BCUT2D eigenvalue weighted by Gasteiger charge is 2.12. The molecule has 0 saturated heterocycles. The van der Waals surface area contributed by atoms with Gasteiger partial charge in [-0.05, 0) is 30.3 Å². The molecule has 0 aliphatic rings. The van der Waals surface area contributed by atoms with E-state index in [1.807, 2.05) is 24.3 Å². The van der Waals surface area contributed by atoms with Crippen molar-refractivity contribution in [2.24, 2.45) is 0 Å². The lowest BCUT2D eigenvalue weighted by atomic mass is 10.3. The number of anilines is 2. The molecule has 0 radical (unpaired) electrons. The van der Waals surface area contributed by atoms with Crippen LogP contribution in [0.2, 0.25) is 5.02 Å². The number of hydrogen-bond donors (Lipinski definition) is 1. The molecule has 1 aromatic carbocycles. The van der Waals surface area contributed by atoms with Crippen LogP contribution >= 0.6 is 22.9 Å². The molecular formula is C16H11ClN4OS. The molecule has 0 atom stereocenters. The summed E-state index contributed by atoms with van der Waals surface area (Å²) >= 11 is 7.74. The van der Waals surface area contributed by atoms with Crippen LogP contribution in [-0.2, 0) is 0 Å². The van der Waals surface area contributed by atoms with Crippen molar-refractivity contribution in [3.63, 3.8) is 0 Å². The van der Waals surface area contributed by atoms with Gasteiger partial charge in [-0.15, -0.1) is 11.3 Å². The van der Waals surface area contributed by atoms with Gasteiger partial charge in [-0.3, -0.25) is 0 Å². The third kappa shape index (κ3) is 2.46. The third-order valence-corrected chi connectivity index (χ3v) is 4.85. The van der Waals surface area contributed by atoms with Gasteiger partial charge in [0.25, 0.3) is 0 Å². The average Bonchev–Trinajstić information content (AvgIpc) is 2.95. The topological polar surface area (TPSA) is 59.9 Å². The van der Waals surface area contributed by atoms with Gasteiger partial charge < -0.3 is 10.1 Å². The zero-order valence-electron chi connectivity index (χ0n) is 12.1. The first kappa shape index (κ1) is 14.2. The molecular weight excluding hydrogens is 332 g/mol. The van der Waals surface area contributed by atoms with Crippen molar-refractivity contribution in [1.82, 2.24) is 15.0 Å². The first-order valence-corrected chi connectivity index (χ1v) is 8.04. The van der Waals surface area contributed by atoms with Crippen molar-refractivity contribution in [2.45, 2.75) is 0 Å². The van der Waals surface area contributed by atoms with E-state index in [0.717, 1.165) is 31.9 Å². The first-order valence-electron chi connectivity index (χ1n) is 6.85. The monoisotopic (exact) mass is 342 g/mol. The van der Waals surface area contributed by atoms with E-state index in [4.69, 9.17) is 16.3 Å². The van der Waals surface area contributed by atoms with Gasteiger partial charge in [0.2, 0.25) is 0 Å². The maximum absolute atomic E-state index is 6.17. The van der Waals surface area contributed by atoms with Crippen molar-refractivity contribution >= 4 is 54.9 Å². The van der Waals surface area contributed by atoms with Gasteiger partial charge in [0, 0.05) is 17.3 Å². The van der Waals surface area contributed by atoms with Crippen LogP contribution in [-0.4, -0.2) is 22.1 Å². The molecule has 7 heteroatoms. The fraction of sp³-hybridized carbons (Fsp3) is 0.0625. The predicted molar refractivity (Wildman–Crippen MR) is 94.0 cm³/mol. The highest BCUT2D eigenvalue weighted by atomic mass is 35.5. The van der Waals surface area contributed by atoms with Crippen molar-refractivity contribution < 1.29 is 4.74 Å². The Morgan fingerprint density at radius 3 is 2.91 bits per heavy atom. The van der Waals surface area contributed by atoms with Gasteiger partial charge >= 0.3 is 0 Å². The number of pyridine rings is 1. The van der Waals surface area contributed by atoms with E-state index in [0.29, 0.717) is 10.8 Å². The second-order valence-corrected chi connectivity index (χ2v) is 6.24. The summed E-state index contributed by atoms with van der Waals surface area (Å²) in [6.07, 6.45) is 3.33. The molecule has 0 spiro atoms. The number of hydrogen-bond acceptors (Lipinski definition) is 6. The molecule has 5 nitrogen and oxygen atoms in total. The predicted octanol–water partition coefficient (Wildman–Crippen LogP) is 4.65. The minimum atomic E-state index is 0.542. The molecule has 3 aromatic heterocycles. The Labute approximate surface area is 140 Å². The molecule has 4 aromatic rings. The fourth-order valence-corrected chi connectivity index (χ4v) is 3.68. The maximum Gasteiger partial charge on any atom is 0.151 e. The largest absolute Gasteiger partial charge is 0.495 e. The van der Waals surface area contributed by atoms with Crippen molar-refractivity contribution in [3.8, 4) is 5.75 Å². The molecule has 3 heterocycles. The normalized spacial score (nSPS) is 11.0. The summed E-state index contributed by atoms with van der Waals surface area (Å²) in [6.45, 7) is 0. The number of rotatable bonds is 3. The number of nitrogens with zero attached hydrogens (tertiary/aromatic N) is 3. The van der Waals surface area contributed by atoms with Gasteiger partial charge in [0.05, 0.1) is 22.3 Å². The first-order chi connectivity index (χ1) is 11.3. The van der Waals surface area contributed by atoms with E-state index in [1.165, 1.54) is 0 Å². The van der Waals surface area contributed by atoms with Crippen LogP contribution in [0.4, 0.5) is 11.5 Å². The van der Waals surface area contributed by atoms with E-state index in [9.17, 15) is 0 Å². The highest BCUT2D eigenvalue weighted by molar-refractivity contribution is 7.25. The average molecular weight is 343 g/mol. The minimum Gasteiger partial charge on any atom is -0.495 e. The Balaban J connectivity index is 1.81. The Morgan fingerprint density at radius 1 is 1.17 bits per heavy atom. The SMILES string of the molecule is COc1ccc(Nc2ncnc3c2sc2ncccc23)cc1Cl. The molecule has 0 aliphatic heterocycles. The van der Waals surface area contributed by atoms with Crippen LogP contribution in [0.15, 0.2) is 42.9 Å². The summed E-state index contributed by atoms with van der Waals surface area (Å²) in [5.74, 6) is 1.37. The standard InChI is InChI=1S/C16H11ClN4OS/c1-22-12-5-4-9(7-11(12)17)21-15-14-13(19-8-20-15)10-3-2-6-18-16(10)23-14/h2-8H,1H3,(H,19,20,21). The van der Waals surface area contributed by atoms with Crippen LogP contribution in [0.25, 0.3) is 20.4 Å². The van der Waals surface area contributed by atoms with E-state index < -0.39 is 0 Å². The Morgan fingerprint density at radius 2 is 2.09 bits per heavy atom. The van der Waals surface area contributed by atoms with E-state index in [-0.39, 0.29) is 0 Å². The Bertz CT molecular complexity index is 1020. The lowest BCUT2D eigenvalue weighted by Crippen LogP contribution is -1.95. The number of halogens is 1. The van der Waals surface area contributed by atoms with Crippen molar-refractivity contribution in [3.05, 3.63) is 47.9 Å². The molecule has 0 fully saturated rings. The van der Waals surface area contributed by atoms with Crippen LogP contribution < -0.4 is 10.1 Å². The van der Waals surface area contributed by atoms with Crippen molar-refractivity contribution in [2.75, 3.05) is 12.4 Å². The Kier molecular flexibility index (Phi) is 3.48. The zero-order chi connectivity index (χ0) is 15.8. The summed E-state index contributed by atoms with van der Waals surface area (Å²) in [4.78, 5) is 14.1. The van der Waals surface area contributed by atoms with Crippen LogP contribution in [0, 0.1) is 0 Å². The van der Waals surface area contributed by atoms with Crippen LogP contribution in [0.1, 0.15) is 0 Å². The molecule has 0 aliphatic carbocycles. The smallest absolute Gasteiger partial charge is 0.151 e. The molecule has 114 valence electrons. The van der Waals surface area contributed by atoms with E-state index in [2.05, 4.69) is 20.3 Å². The summed E-state index contributed by atoms with van der Waals surface area (Å²) in [5.41, 5.74) is 1.73.